The molecule has 3 aromatic carbocycles. The zero-order valence-corrected chi connectivity index (χ0v) is 11.8. The van der Waals surface area contributed by atoms with Crippen LogP contribution in [0.25, 0.3) is 10.8 Å². The third-order valence-corrected chi connectivity index (χ3v) is 3.44. The topological polar surface area (TPSA) is 50.1 Å². The van der Waals surface area contributed by atoms with Gasteiger partial charge in [-0.2, -0.15) is 5.26 Å². The normalized spacial score (nSPS) is 10.1. The van der Waals surface area contributed by atoms with Crippen LogP contribution in [0.3, 0.4) is 0 Å². The maximum absolute atomic E-state index is 12.3. The van der Waals surface area contributed by atoms with Gasteiger partial charge in [0.1, 0.15) is 6.61 Å². The number of ether oxygens (including phenoxy) is 1. The Balaban J connectivity index is 1.80. The third kappa shape index (κ3) is 2.82. The van der Waals surface area contributed by atoms with Crippen LogP contribution in [-0.4, -0.2) is 5.97 Å². The molecule has 0 aromatic heterocycles. The predicted molar refractivity (Wildman–Crippen MR) is 84.2 cm³/mol. The Hall–Kier alpha value is -3.12. The number of nitrogens with zero attached hydrogens (tertiary/aromatic N) is 1. The van der Waals surface area contributed by atoms with Gasteiger partial charge in [0.15, 0.2) is 0 Å². The van der Waals surface area contributed by atoms with Gasteiger partial charge in [0.2, 0.25) is 0 Å². The number of hydrogen-bond donors (Lipinski definition) is 0. The molecule has 0 bridgehead atoms. The molecule has 3 heteroatoms. The van der Waals surface area contributed by atoms with E-state index in [1.54, 1.807) is 24.3 Å². The van der Waals surface area contributed by atoms with Crippen LogP contribution in [-0.2, 0) is 11.3 Å². The lowest BCUT2D eigenvalue weighted by molar-refractivity contribution is 0.0475. The van der Waals surface area contributed by atoms with Gasteiger partial charge in [0.05, 0.1) is 17.2 Å². The van der Waals surface area contributed by atoms with E-state index >= 15 is 0 Å². The van der Waals surface area contributed by atoms with Gasteiger partial charge in [-0.1, -0.05) is 48.5 Å². The first-order chi connectivity index (χ1) is 10.8. The summed E-state index contributed by atoms with van der Waals surface area (Å²) in [6, 6.07) is 22.4. The smallest absolute Gasteiger partial charge is 0.339 e. The Morgan fingerprint density at radius 2 is 1.77 bits per heavy atom. The summed E-state index contributed by atoms with van der Waals surface area (Å²) in [5.41, 5.74) is 1.90. The molecule has 0 saturated carbocycles. The van der Waals surface area contributed by atoms with Crippen molar-refractivity contribution in [2.75, 3.05) is 0 Å². The van der Waals surface area contributed by atoms with Crippen LogP contribution in [0.5, 0.6) is 0 Å². The highest BCUT2D eigenvalue weighted by atomic mass is 16.5. The third-order valence-electron chi connectivity index (χ3n) is 3.44. The molecule has 0 atom stereocenters. The zero-order valence-electron chi connectivity index (χ0n) is 11.8. The predicted octanol–water partition coefficient (Wildman–Crippen LogP) is 4.07. The number of esters is 1. The molecule has 0 heterocycles. The van der Waals surface area contributed by atoms with Crippen molar-refractivity contribution in [3.63, 3.8) is 0 Å². The maximum Gasteiger partial charge on any atom is 0.339 e. The first-order valence-electron chi connectivity index (χ1n) is 6.92. The van der Waals surface area contributed by atoms with Crippen LogP contribution >= 0.6 is 0 Å². The molecule has 0 spiro atoms. The lowest BCUT2D eigenvalue weighted by atomic mass is 10.0. The van der Waals surface area contributed by atoms with Crippen molar-refractivity contribution in [2.45, 2.75) is 6.61 Å². The lowest BCUT2D eigenvalue weighted by Gasteiger charge is -2.08. The highest BCUT2D eigenvalue weighted by Gasteiger charge is 2.11. The number of benzene rings is 3. The molecule has 0 unspecified atom stereocenters. The van der Waals surface area contributed by atoms with Crippen molar-refractivity contribution in [2.24, 2.45) is 0 Å². The molecule has 0 amide bonds. The average molecular weight is 287 g/mol. The molecule has 0 radical (unpaired) electrons. The van der Waals surface area contributed by atoms with Crippen LogP contribution in [0.4, 0.5) is 0 Å². The molecule has 0 fully saturated rings. The summed E-state index contributed by atoms with van der Waals surface area (Å²) in [7, 11) is 0. The number of hydrogen-bond acceptors (Lipinski definition) is 3. The highest BCUT2D eigenvalue weighted by molar-refractivity contribution is 6.04. The van der Waals surface area contributed by atoms with Crippen LogP contribution in [0.1, 0.15) is 21.5 Å². The maximum atomic E-state index is 12.3. The molecule has 3 rings (SSSR count). The van der Waals surface area contributed by atoms with E-state index in [1.165, 1.54) is 0 Å². The Kier molecular flexibility index (Phi) is 3.84. The van der Waals surface area contributed by atoms with Crippen molar-refractivity contribution < 1.29 is 9.53 Å². The number of carbonyl (C=O) groups excluding carboxylic acids is 1. The Morgan fingerprint density at radius 3 is 2.64 bits per heavy atom. The van der Waals surface area contributed by atoms with E-state index in [0.29, 0.717) is 11.1 Å². The quantitative estimate of drug-likeness (QED) is 0.682. The fourth-order valence-electron chi connectivity index (χ4n) is 2.36. The largest absolute Gasteiger partial charge is 0.457 e. The minimum absolute atomic E-state index is 0.150. The van der Waals surface area contributed by atoms with E-state index in [1.807, 2.05) is 42.5 Å². The van der Waals surface area contributed by atoms with Gasteiger partial charge in [0.25, 0.3) is 0 Å². The van der Waals surface area contributed by atoms with Crippen LogP contribution in [0.15, 0.2) is 66.7 Å². The average Bonchev–Trinajstić information content (AvgIpc) is 2.59. The van der Waals surface area contributed by atoms with E-state index in [0.717, 1.165) is 16.3 Å². The molecule has 0 saturated heterocycles. The van der Waals surface area contributed by atoms with Gasteiger partial charge in [-0.3, -0.25) is 0 Å². The van der Waals surface area contributed by atoms with Gasteiger partial charge in [0, 0.05) is 0 Å². The van der Waals surface area contributed by atoms with Crippen molar-refractivity contribution in [3.05, 3.63) is 83.4 Å². The molecule has 22 heavy (non-hydrogen) atoms. The van der Waals surface area contributed by atoms with Crippen molar-refractivity contribution in [3.8, 4) is 6.07 Å². The van der Waals surface area contributed by atoms with Crippen molar-refractivity contribution in [1.82, 2.24) is 0 Å². The molecule has 3 aromatic rings. The highest BCUT2D eigenvalue weighted by Crippen LogP contribution is 2.19. The number of rotatable bonds is 3. The number of carbonyl (C=O) groups is 1. The van der Waals surface area contributed by atoms with Gasteiger partial charge < -0.3 is 4.74 Å². The van der Waals surface area contributed by atoms with E-state index < -0.39 is 0 Å². The molecular weight excluding hydrogens is 274 g/mol. The van der Waals surface area contributed by atoms with Crippen molar-refractivity contribution in [1.29, 1.82) is 5.26 Å². The minimum Gasteiger partial charge on any atom is -0.457 e. The number of nitriles is 1. The summed E-state index contributed by atoms with van der Waals surface area (Å²) >= 11 is 0. The Labute approximate surface area is 128 Å². The van der Waals surface area contributed by atoms with Gasteiger partial charge in [-0.25, -0.2) is 4.79 Å². The summed E-state index contributed by atoms with van der Waals surface area (Å²) in [6.07, 6.45) is 0. The molecular formula is C19H13NO2. The molecule has 0 aliphatic rings. The first kappa shape index (κ1) is 13.8. The fraction of sp³-hybridized carbons (Fsp3) is 0.0526. The summed E-state index contributed by atoms with van der Waals surface area (Å²) in [5.74, 6) is -0.362. The Morgan fingerprint density at radius 1 is 1.00 bits per heavy atom. The summed E-state index contributed by atoms with van der Waals surface area (Å²) in [6.45, 7) is 0.150. The second-order valence-electron chi connectivity index (χ2n) is 4.92. The van der Waals surface area contributed by atoms with Gasteiger partial charge in [-0.15, -0.1) is 0 Å². The number of fused-ring (bicyclic) bond motifs is 1. The van der Waals surface area contributed by atoms with Crippen molar-refractivity contribution >= 4 is 16.7 Å². The molecule has 106 valence electrons. The van der Waals surface area contributed by atoms with Crippen LogP contribution in [0, 0.1) is 11.3 Å². The molecule has 3 nitrogen and oxygen atoms in total. The minimum atomic E-state index is -0.362. The standard InChI is InChI=1S/C19H13NO2/c20-12-14-5-3-6-15(11-14)13-22-19(21)18-10-4-8-16-7-1-2-9-17(16)18/h1-11H,13H2. The zero-order chi connectivity index (χ0) is 15.4. The summed E-state index contributed by atoms with van der Waals surface area (Å²) in [5, 5.41) is 10.8. The molecule has 0 N–H and O–H groups in total. The van der Waals surface area contributed by atoms with E-state index in [4.69, 9.17) is 10.00 Å². The van der Waals surface area contributed by atoms with Crippen LogP contribution in [0.2, 0.25) is 0 Å². The van der Waals surface area contributed by atoms with Gasteiger partial charge >= 0.3 is 5.97 Å². The molecule has 0 aliphatic carbocycles. The van der Waals surface area contributed by atoms with Gasteiger partial charge in [-0.05, 0) is 34.5 Å². The Bertz CT molecular complexity index is 872. The van der Waals surface area contributed by atoms with E-state index in [9.17, 15) is 4.79 Å². The fourth-order valence-corrected chi connectivity index (χ4v) is 2.36. The lowest BCUT2D eigenvalue weighted by Crippen LogP contribution is -2.06. The summed E-state index contributed by atoms with van der Waals surface area (Å²) in [4.78, 5) is 12.3. The monoisotopic (exact) mass is 287 g/mol. The van der Waals surface area contributed by atoms with E-state index in [-0.39, 0.29) is 12.6 Å². The van der Waals surface area contributed by atoms with Crippen LogP contribution < -0.4 is 0 Å². The summed E-state index contributed by atoms with van der Waals surface area (Å²) < 4.78 is 5.37. The second-order valence-corrected chi connectivity index (χ2v) is 4.92. The van der Waals surface area contributed by atoms with E-state index in [2.05, 4.69) is 6.07 Å². The SMILES string of the molecule is N#Cc1cccc(COC(=O)c2cccc3ccccc23)c1. The second kappa shape index (κ2) is 6.11. The first-order valence-corrected chi connectivity index (χ1v) is 6.92. The molecule has 0 aliphatic heterocycles.